The van der Waals surface area contributed by atoms with Crippen molar-refractivity contribution < 1.29 is 43.1 Å². The second kappa shape index (κ2) is 14.2. The van der Waals surface area contributed by atoms with Gasteiger partial charge < -0.3 is 34.4 Å². The predicted octanol–water partition coefficient (Wildman–Crippen LogP) is 3.10. The van der Waals surface area contributed by atoms with E-state index in [0.29, 0.717) is 30.4 Å². The van der Waals surface area contributed by atoms with E-state index in [-0.39, 0.29) is 43.8 Å². The van der Waals surface area contributed by atoms with Gasteiger partial charge in [-0.15, -0.1) is 13.1 Å². The van der Waals surface area contributed by atoms with Gasteiger partial charge in [-0.2, -0.15) is 5.92 Å². The first-order chi connectivity index (χ1) is 10.4. The van der Waals surface area contributed by atoms with Crippen molar-refractivity contribution in [3.05, 3.63) is 13.3 Å². The average molecular weight is 417 g/mol. The molecule has 0 atom stereocenters. The number of nitrogens with zero attached hydrogens (tertiary/aromatic N) is 2. The summed E-state index contributed by atoms with van der Waals surface area (Å²) in [5.41, 5.74) is 0.585. The van der Waals surface area contributed by atoms with Crippen molar-refractivity contribution in [1.82, 2.24) is 10.6 Å². The maximum absolute atomic E-state index is 8.76. The molecule has 0 aliphatic rings. The molecule has 0 aromatic rings. The van der Waals surface area contributed by atoms with Crippen LogP contribution in [0.25, 0.3) is 0 Å². The smallest absolute Gasteiger partial charge is 0.0733 e. The van der Waals surface area contributed by atoms with Gasteiger partial charge in [-0.05, 0) is 41.5 Å². The molecule has 0 saturated carbocycles. The maximum Gasteiger partial charge on any atom is 0.0733 e. The molecule has 0 spiro atoms. The van der Waals surface area contributed by atoms with Gasteiger partial charge in [0.1, 0.15) is 0 Å². The molecule has 0 rings (SSSR count). The summed E-state index contributed by atoms with van der Waals surface area (Å²) in [6.07, 6.45) is 2.04. The van der Waals surface area contributed by atoms with Crippen LogP contribution in [0.15, 0.2) is 10.3 Å². The number of nitrogens with one attached hydrogen (secondary N) is 2. The van der Waals surface area contributed by atoms with Gasteiger partial charge in [-0.25, -0.2) is 0 Å². The molecule has 0 aliphatic heterocycles. The third-order valence-electron chi connectivity index (χ3n) is 3.49. The third kappa shape index (κ3) is 14.3. The summed E-state index contributed by atoms with van der Waals surface area (Å²) in [6.45, 7) is 20.5. The van der Waals surface area contributed by atoms with Crippen molar-refractivity contribution in [3.8, 4) is 0 Å². The molecule has 24 heavy (non-hydrogen) atoms. The summed E-state index contributed by atoms with van der Waals surface area (Å²) in [4.78, 5) is 0. The number of hydrogen-bond donors (Lipinski definition) is 4. The molecule has 0 aliphatic carbocycles. The molecule has 0 amide bonds. The summed E-state index contributed by atoms with van der Waals surface area (Å²) in [5, 5.41) is 30.5. The van der Waals surface area contributed by atoms with Gasteiger partial charge >= 0.3 is 0 Å². The number of hydrogen-bond acceptors (Lipinski definition) is 6. The Kier molecular flexibility index (Phi) is 17.0. The summed E-state index contributed by atoms with van der Waals surface area (Å²) >= 11 is 0. The van der Waals surface area contributed by atoms with E-state index in [0.717, 1.165) is 0 Å². The monoisotopic (exact) mass is 417 g/mol. The van der Waals surface area contributed by atoms with Gasteiger partial charge in [0, 0.05) is 32.7 Å². The van der Waals surface area contributed by atoms with E-state index in [1.165, 1.54) is 0 Å². The largest absolute Gasteiger partial charge is 0.411 e. The van der Waals surface area contributed by atoms with Gasteiger partial charge in [-0.3, -0.25) is 0 Å². The Morgan fingerprint density at radius 2 is 1.21 bits per heavy atom. The van der Waals surface area contributed by atoms with Crippen LogP contribution >= 0.6 is 0 Å². The van der Waals surface area contributed by atoms with Crippen LogP contribution < -0.4 is 10.6 Å². The van der Waals surface area contributed by atoms with Crippen LogP contribution in [-0.4, -0.2) is 46.0 Å². The molecule has 0 heterocycles. The van der Waals surface area contributed by atoms with E-state index in [4.69, 9.17) is 10.4 Å². The summed E-state index contributed by atoms with van der Waals surface area (Å²) < 4.78 is 0. The van der Waals surface area contributed by atoms with E-state index < -0.39 is 0 Å². The normalized spacial score (nSPS) is 13.2. The fourth-order valence-electron chi connectivity index (χ4n) is 1.23. The molecule has 7 heteroatoms. The van der Waals surface area contributed by atoms with E-state index >= 15 is 0 Å². The zero-order chi connectivity index (χ0) is 18.7. The fourth-order valence-corrected chi connectivity index (χ4v) is 1.23. The average Bonchev–Trinajstić information content (AvgIpc) is 2.44. The summed E-state index contributed by atoms with van der Waals surface area (Å²) in [5.74, 6) is 0.583. The van der Waals surface area contributed by atoms with Crippen molar-refractivity contribution in [2.75, 3.05) is 13.1 Å². The van der Waals surface area contributed by atoms with Crippen molar-refractivity contribution in [2.45, 2.75) is 66.5 Å². The van der Waals surface area contributed by atoms with Gasteiger partial charge in [0.2, 0.25) is 0 Å². The quantitative estimate of drug-likeness (QED) is 0.161. The standard InChI is InChI=1S/C13H27N4O2.C4H9.Y/c1-10(16-18)12(3,4)14-8-7-9-15-13(5,6)11(2)17-19;1-4(2)3;/h7,14-15,18-19H,8-9H2,1-6H3;4H,1H2,2-3H3;/q2*-1;/b16-10+,17-11+;;. The molecule has 0 aromatic carbocycles. The molecule has 0 saturated heterocycles. The van der Waals surface area contributed by atoms with Gasteiger partial charge in [0.15, 0.2) is 0 Å². The van der Waals surface area contributed by atoms with Crippen molar-refractivity contribution in [1.29, 1.82) is 0 Å². The first-order valence-electron chi connectivity index (χ1n) is 7.93. The van der Waals surface area contributed by atoms with Crippen LogP contribution in [0.4, 0.5) is 0 Å². The molecule has 0 aromatic heterocycles. The second-order valence-corrected chi connectivity index (χ2v) is 7.07. The van der Waals surface area contributed by atoms with Crippen LogP contribution in [0.3, 0.4) is 0 Å². The SMILES string of the molecule is C/C(=N\O)C(C)(C)NC[CH-]CNC(C)(C)/C(C)=N/O.[CH2-]C(C)C.[Y]. The van der Waals surface area contributed by atoms with Crippen LogP contribution in [0.1, 0.15) is 55.4 Å². The third-order valence-corrected chi connectivity index (χ3v) is 3.49. The Balaban J connectivity index is -0.000000787. The minimum absolute atomic E-state index is 0. The van der Waals surface area contributed by atoms with E-state index in [1.807, 2.05) is 34.1 Å². The zero-order valence-corrected chi connectivity index (χ0v) is 19.5. The van der Waals surface area contributed by atoms with Gasteiger partial charge in [0.05, 0.1) is 22.5 Å². The fraction of sp³-hybridized carbons (Fsp3) is 0.765. The first-order valence-corrected chi connectivity index (χ1v) is 7.93. The molecule has 1 radical (unpaired) electrons. The molecule has 0 fully saturated rings. The molecule has 0 unspecified atom stereocenters. The Labute approximate surface area is 173 Å². The number of oxime groups is 2. The molecule has 141 valence electrons. The molecule has 4 N–H and O–H groups in total. The Hall–Kier alpha value is -0.0361. The van der Waals surface area contributed by atoms with Crippen LogP contribution in [0, 0.1) is 19.3 Å². The van der Waals surface area contributed by atoms with Crippen molar-refractivity contribution >= 4 is 11.4 Å². The minimum atomic E-state index is -0.344. The molecular weight excluding hydrogens is 381 g/mol. The topological polar surface area (TPSA) is 89.2 Å². The van der Waals surface area contributed by atoms with Crippen LogP contribution in [0.5, 0.6) is 0 Å². The second-order valence-electron chi connectivity index (χ2n) is 7.07. The molecular formula is C17H36N4O2Y-2. The van der Waals surface area contributed by atoms with Crippen molar-refractivity contribution in [2.24, 2.45) is 16.2 Å². The summed E-state index contributed by atoms with van der Waals surface area (Å²) in [7, 11) is 0. The maximum atomic E-state index is 8.76. The van der Waals surface area contributed by atoms with Crippen molar-refractivity contribution in [3.63, 3.8) is 0 Å². The molecule has 0 bridgehead atoms. The Bertz CT molecular complexity index is 346. The zero-order valence-electron chi connectivity index (χ0n) is 16.6. The van der Waals surface area contributed by atoms with E-state index in [2.05, 4.69) is 41.7 Å². The van der Waals surface area contributed by atoms with Crippen LogP contribution in [0.2, 0.25) is 0 Å². The predicted molar refractivity (Wildman–Crippen MR) is 98.4 cm³/mol. The summed E-state index contributed by atoms with van der Waals surface area (Å²) in [6, 6.07) is 0. The Morgan fingerprint density at radius 3 is 1.42 bits per heavy atom. The van der Waals surface area contributed by atoms with Gasteiger partial charge in [0.25, 0.3) is 0 Å². The minimum Gasteiger partial charge on any atom is -0.411 e. The van der Waals surface area contributed by atoms with E-state index in [9.17, 15) is 0 Å². The van der Waals surface area contributed by atoms with E-state index in [1.54, 1.807) is 13.8 Å². The Morgan fingerprint density at radius 1 is 0.958 bits per heavy atom. The van der Waals surface area contributed by atoms with Crippen LogP contribution in [-0.2, 0) is 32.7 Å². The van der Waals surface area contributed by atoms with Gasteiger partial charge in [-0.1, -0.05) is 24.2 Å². The number of rotatable bonds is 8. The molecule has 6 nitrogen and oxygen atoms in total. The first kappa shape index (κ1) is 28.8.